The van der Waals surface area contributed by atoms with E-state index in [1.807, 2.05) is 37.3 Å². The van der Waals surface area contributed by atoms with Crippen molar-refractivity contribution in [2.45, 2.75) is 65.0 Å². The largest absolute Gasteiger partial charge is 0.444 e. The smallest absolute Gasteiger partial charge is 0.408 e. The summed E-state index contributed by atoms with van der Waals surface area (Å²) < 4.78 is 5.26. The zero-order valence-corrected chi connectivity index (χ0v) is 14.0. The summed E-state index contributed by atoms with van der Waals surface area (Å²) in [4.78, 5) is 24.3. The van der Waals surface area contributed by atoms with Gasteiger partial charge in [0.2, 0.25) is 0 Å². The molecule has 0 spiro atoms. The third-order valence-electron chi connectivity index (χ3n) is 3.14. The average molecular weight is 305 g/mol. The van der Waals surface area contributed by atoms with Crippen LogP contribution >= 0.6 is 0 Å². The maximum atomic E-state index is 12.3. The van der Waals surface area contributed by atoms with Gasteiger partial charge in [0, 0.05) is 6.42 Å². The van der Waals surface area contributed by atoms with E-state index in [4.69, 9.17) is 4.74 Å². The molecule has 22 heavy (non-hydrogen) atoms. The number of rotatable bonds is 7. The second kappa shape index (κ2) is 8.57. The minimum Gasteiger partial charge on any atom is -0.444 e. The number of hydrogen-bond acceptors (Lipinski definition) is 3. The van der Waals surface area contributed by atoms with Crippen LogP contribution < -0.4 is 5.32 Å². The van der Waals surface area contributed by atoms with Crippen LogP contribution in [0.25, 0.3) is 0 Å². The minimum absolute atomic E-state index is 0.0524. The Hall–Kier alpha value is -1.84. The lowest BCUT2D eigenvalue weighted by molar-refractivity contribution is -0.121. The lowest BCUT2D eigenvalue weighted by Crippen LogP contribution is -2.44. The predicted molar refractivity (Wildman–Crippen MR) is 87.8 cm³/mol. The molecule has 1 atom stereocenters. The quantitative estimate of drug-likeness (QED) is 0.831. The van der Waals surface area contributed by atoms with E-state index in [0.717, 1.165) is 18.4 Å². The van der Waals surface area contributed by atoms with Gasteiger partial charge < -0.3 is 10.1 Å². The molecule has 0 aliphatic carbocycles. The number of carbonyl (C=O) groups excluding carboxylic acids is 2. The van der Waals surface area contributed by atoms with Crippen LogP contribution in [-0.2, 0) is 16.0 Å². The van der Waals surface area contributed by atoms with Crippen LogP contribution in [0.15, 0.2) is 30.3 Å². The fourth-order valence-corrected chi connectivity index (χ4v) is 2.07. The first-order valence-corrected chi connectivity index (χ1v) is 7.88. The van der Waals surface area contributed by atoms with Gasteiger partial charge in [0.25, 0.3) is 0 Å². The van der Waals surface area contributed by atoms with Gasteiger partial charge in [-0.3, -0.25) is 4.79 Å². The van der Waals surface area contributed by atoms with Gasteiger partial charge in [-0.15, -0.1) is 0 Å². The van der Waals surface area contributed by atoms with Crippen molar-refractivity contribution < 1.29 is 14.3 Å². The molecule has 1 rings (SSSR count). The topological polar surface area (TPSA) is 55.4 Å². The molecule has 0 saturated carbocycles. The molecule has 4 heteroatoms. The van der Waals surface area contributed by atoms with Crippen LogP contribution in [-0.4, -0.2) is 23.5 Å². The minimum atomic E-state index is -0.576. The Morgan fingerprint density at radius 3 is 2.36 bits per heavy atom. The number of amides is 1. The average Bonchev–Trinajstić information content (AvgIpc) is 2.43. The third kappa shape index (κ3) is 7.25. The first-order chi connectivity index (χ1) is 10.3. The van der Waals surface area contributed by atoms with Crippen LogP contribution in [0.4, 0.5) is 4.79 Å². The predicted octanol–water partition coefficient (Wildman–Crippen LogP) is 3.88. The molecule has 0 bridgehead atoms. The molecule has 0 radical (unpaired) electrons. The number of ketones is 1. The van der Waals surface area contributed by atoms with Crippen molar-refractivity contribution in [3.05, 3.63) is 35.9 Å². The maximum Gasteiger partial charge on any atom is 0.408 e. The Morgan fingerprint density at radius 2 is 1.82 bits per heavy atom. The normalized spacial score (nSPS) is 12.5. The molecule has 4 nitrogen and oxygen atoms in total. The summed E-state index contributed by atoms with van der Waals surface area (Å²) in [5.74, 6) is 0.0524. The summed E-state index contributed by atoms with van der Waals surface area (Å²) in [7, 11) is 0. The van der Waals surface area contributed by atoms with Crippen molar-refractivity contribution in [3.63, 3.8) is 0 Å². The first-order valence-electron chi connectivity index (χ1n) is 7.88. The lowest BCUT2D eigenvalue weighted by Gasteiger charge is -2.23. The van der Waals surface area contributed by atoms with Gasteiger partial charge in [-0.25, -0.2) is 4.79 Å². The number of Topliss-reactive ketones (excluding diaryl/α,β-unsaturated/α-hetero) is 1. The number of hydrogen-bond donors (Lipinski definition) is 1. The van der Waals surface area contributed by atoms with Crippen molar-refractivity contribution in [2.75, 3.05) is 0 Å². The van der Waals surface area contributed by atoms with Crippen LogP contribution in [0.1, 0.15) is 52.5 Å². The number of ether oxygens (including phenoxy) is 1. The van der Waals surface area contributed by atoms with Gasteiger partial charge in [0.1, 0.15) is 5.60 Å². The third-order valence-corrected chi connectivity index (χ3v) is 3.14. The Bertz CT molecular complexity index is 477. The first kappa shape index (κ1) is 18.2. The molecular formula is C18H27NO3. The zero-order chi connectivity index (χ0) is 16.6. The molecule has 1 N–H and O–H groups in total. The van der Waals surface area contributed by atoms with E-state index in [-0.39, 0.29) is 5.78 Å². The second-order valence-electron chi connectivity index (χ2n) is 6.46. The molecule has 0 fully saturated rings. The summed E-state index contributed by atoms with van der Waals surface area (Å²) in [6.45, 7) is 7.45. The molecule has 1 aromatic rings. The second-order valence-corrected chi connectivity index (χ2v) is 6.46. The van der Waals surface area contributed by atoms with E-state index in [2.05, 4.69) is 5.32 Å². The number of benzene rings is 1. The highest BCUT2D eigenvalue weighted by molar-refractivity contribution is 5.87. The molecule has 0 aromatic heterocycles. The van der Waals surface area contributed by atoms with E-state index >= 15 is 0 Å². The zero-order valence-electron chi connectivity index (χ0n) is 14.0. The van der Waals surface area contributed by atoms with Crippen molar-refractivity contribution in [1.82, 2.24) is 5.32 Å². The molecule has 0 aliphatic rings. The molecule has 1 aromatic carbocycles. The van der Waals surface area contributed by atoms with Crippen molar-refractivity contribution in [1.29, 1.82) is 0 Å². The van der Waals surface area contributed by atoms with Crippen LogP contribution in [0, 0.1) is 0 Å². The van der Waals surface area contributed by atoms with Crippen molar-refractivity contribution >= 4 is 11.9 Å². The van der Waals surface area contributed by atoms with Gasteiger partial charge in [0.15, 0.2) is 5.78 Å². The Labute approximate surface area is 133 Å². The van der Waals surface area contributed by atoms with E-state index in [9.17, 15) is 9.59 Å². The van der Waals surface area contributed by atoms with Crippen LogP contribution in [0.2, 0.25) is 0 Å². The molecule has 0 saturated heterocycles. The van der Waals surface area contributed by atoms with Gasteiger partial charge in [-0.2, -0.15) is 0 Å². The highest BCUT2D eigenvalue weighted by atomic mass is 16.6. The summed E-state index contributed by atoms with van der Waals surface area (Å²) in [6, 6.07) is 9.16. The van der Waals surface area contributed by atoms with Gasteiger partial charge in [-0.1, -0.05) is 43.7 Å². The highest BCUT2D eigenvalue weighted by Gasteiger charge is 2.24. The maximum absolute atomic E-state index is 12.3. The Kier molecular flexibility index (Phi) is 7.09. The molecule has 1 amide bonds. The van der Waals surface area contributed by atoms with E-state index in [0.29, 0.717) is 12.8 Å². The van der Waals surface area contributed by atoms with Crippen molar-refractivity contribution in [2.24, 2.45) is 0 Å². The SMILES string of the molecule is CCCCC(=O)[C@H](Cc1ccccc1)NC(=O)OC(C)(C)C. The summed E-state index contributed by atoms with van der Waals surface area (Å²) >= 11 is 0. The fourth-order valence-electron chi connectivity index (χ4n) is 2.07. The Balaban J connectivity index is 2.73. The van der Waals surface area contributed by atoms with E-state index in [1.54, 1.807) is 20.8 Å². The summed E-state index contributed by atoms with van der Waals surface area (Å²) in [6.07, 6.45) is 2.21. The van der Waals surface area contributed by atoms with E-state index < -0.39 is 17.7 Å². The molecule has 0 aliphatic heterocycles. The van der Waals surface area contributed by atoms with Gasteiger partial charge in [0.05, 0.1) is 6.04 Å². The standard InChI is InChI=1S/C18H27NO3/c1-5-6-12-16(20)15(13-14-10-8-7-9-11-14)19-17(21)22-18(2,3)4/h7-11,15H,5-6,12-13H2,1-4H3,(H,19,21)/t15-/m0/s1. The lowest BCUT2D eigenvalue weighted by atomic mass is 9.99. The van der Waals surface area contributed by atoms with Gasteiger partial charge >= 0.3 is 6.09 Å². The van der Waals surface area contributed by atoms with Crippen LogP contribution in [0.3, 0.4) is 0 Å². The number of carbonyl (C=O) groups is 2. The number of nitrogens with one attached hydrogen (secondary N) is 1. The number of unbranched alkanes of at least 4 members (excludes halogenated alkanes) is 1. The fraction of sp³-hybridized carbons (Fsp3) is 0.556. The van der Waals surface area contributed by atoms with Crippen molar-refractivity contribution in [3.8, 4) is 0 Å². The molecule has 0 unspecified atom stereocenters. The summed E-state index contributed by atoms with van der Waals surface area (Å²) in [5, 5.41) is 2.72. The molecule has 0 heterocycles. The molecular weight excluding hydrogens is 278 g/mol. The monoisotopic (exact) mass is 305 g/mol. The number of alkyl carbamates (subject to hydrolysis) is 1. The van der Waals surface area contributed by atoms with Crippen LogP contribution in [0.5, 0.6) is 0 Å². The van der Waals surface area contributed by atoms with Gasteiger partial charge in [-0.05, 0) is 39.2 Å². The highest BCUT2D eigenvalue weighted by Crippen LogP contribution is 2.10. The molecule has 122 valence electrons. The summed E-state index contributed by atoms with van der Waals surface area (Å²) in [5.41, 5.74) is 0.446. The van der Waals surface area contributed by atoms with E-state index in [1.165, 1.54) is 0 Å². The Morgan fingerprint density at radius 1 is 1.18 bits per heavy atom.